The van der Waals surface area contributed by atoms with Crippen LogP contribution >= 0.6 is 23.5 Å². The van der Waals surface area contributed by atoms with Gasteiger partial charge in [-0.3, -0.25) is 4.79 Å². The molecule has 0 fully saturated rings. The molecule has 0 bridgehead atoms. The van der Waals surface area contributed by atoms with Gasteiger partial charge < -0.3 is 10.4 Å². The van der Waals surface area contributed by atoms with Crippen molar-refractivity contribution >= 4 is 29.4 Å². The molecule has 0 saturated carbocycles. The fraction of sp³-hybridized carbons (Fsp3) is 0.111. The van der Waals surface area contributed by atoms with Crippen LogP contribution in [0.15, 0.2) is 64.4 Å². The van der Waals surface area contributed by atoms with Crippen LogP contribution in [-0.4, -0.2) is 11.0 Å². The van der Waals surface area contributed by atoms with E-state index in [1.54, 1.807) is 18.2 Å². The number of thioether (sulfide) groups is 2. The summed E-state index contributed by atoms with van der Waals surface area (Å²) < 4.78 is 0.679. The minimum atomic E-state index is -0.408. The summed E-state index contributed by atoms with van der Waals surface area (Å²) >= 11 is 2.85. The number of hydrogen-bond acceptors (Lipinski definition) is 5. The molecule has 4 nitrogen and oxygen atoms in total. The maximum absolute atomic E-state index is 12.2. The van der Waals surface area contributed by atoms with E-state index in [0.29, 0.717) is 15.6 Å². The van der Waals surface area contributed by atoms with Crippen molar-refractivity contribution in [3.63, 3.8) is 0 Å². The van der Waals surface area contributed by atoms with Crippen LogP contribution in [0.4, 0.5) is 0 Å². The fourth-order valence-electron chi connectivity index (χ4n) is 2.26. The fourth-order valence-corrected chi connectivity index (χ4v) is 4.73. The molecule has 2 aromatic carbocycles. The lowest BCUT2D eigenvalue weighted by molar-refractivity contribution is -0.117. The Morgan fingerprint density at radius 3 is 2.58 bits per heavy atom. The number of phenols is 1. The number of phenolic OH excluding ortho intramolecular Hbond substituents is 1. The number of aromatic hydroxyl groups is 1. The summed E-state index contributed by atoms with van der Waals surface area (Å²) in [7, 11) is 0. The highest BCUT2D eigenvalue weighted by Gasteiger charge is 2.30. The number of para-hydroxylation sites is 1. The molecule has 2 aromatic rings. The first-order chi connectivity index (χ1) is 11.7. The van der Waals surface area contributed by atoms with Gasteiger partial charge in [0, 0.05) is 11.3 Å². The minimum Gasteiger partial charge on any atom is -0.508 e. The van der Waals surface area contributed by atoms with E-state index >= 15 is 0 Å². The first-order valence-corrected chi connectivity index (χ1v) is 9.12. The molecule has 0 unspecified atom stereocenters. The minimum absolute atomic E-state index is 0.128. The Labute approximate surface area is 148 Å². The predicted molar refractivity (Wildman–Crippen MR) is 97.0 cm³/mol. The van der Waals surface area contributed by atoms with Crippen molar-refractivity contribution in [2.75, 3.05) is 0 Å². The molecule has 6 heteroatoms. The Hall–Kier alpha value is -2.36. The van der Waals surface area contributed by atoms with E-state index < -0.39 is 11.3 Å². The van der Waals surface area contributed by atoms with E-state index in [2.05, 4.69) is 5.32 Å². The molecular formula is C18H14N2O2S2. The van der Waals surface area contributed by atoms with Crippen LogP contribution in [0.1, 0.15) is 16.5 Å². The highest BCUT2D eigenvalue weighted by atomic mass is 32.2. The van der Waals surface area contributed by atoms with Gasteiger partial charge in [0.1, 0.15) is 22.8 Å². The quantitative estimate of drug-likeness (QED) is 0.870. The first-order valence-electron chi connectivity index (χ1n) is 7.25. The SMILES string of the molecule is N#CC1=C(SCc2ccccc2)S[C@H](c2ccccc2O)NC1=O. The monoisotopic (exact) mass is 354 g/mol. The molecule has 1 amide bonds. The van der Waals surface area contributed by atoms with Gasteiger partial charge in [-0.1, -0.05) is 60.3 Å². The standard InChI is InChI=1S/C18H14N2O2S2/c19-10-14-16(22)20-17(13-8-4-5-9-15(13)21)24-18(14)23-11-12-6-2-1-3-7-12/h1-9,17,21H,11H2,(H,20,22)/t17-/m1/s1. The van der Waals surface area contributed by atoms with E-state index in [1.165, 1.54) is 23.5 Å². The molecule has 120 valence electrons. The van der Waals surface area contributed by atoms with Gasteiger partial charge in [0.2, 0.25) is 0 Å². The van der Waals surface area contributed by atoms with Gasteiger partial charge in [-0.15, -0.1) is 11.8 Å². The molecule has 1 aliphatic rings. The van der Waals surface area contributed by atoms with Gasteiger partial charge in [-0.25, -0.2) is 0 Å². The summed E-state index contributed by atoms with van der Waals surface area (Å²) in [4.78, 5) is 12.2. The number of carbonyl (C=O) groups is 1. The lowest BCUT2D eigenvalue weighted by atomic mass is 10.2. The Kier molecular flexibility index (Phi) is 5.14. The highest BCUT2D eigenvalue weighted by Crippen LogP contribution is 2.46. The van der Waals surface area contributed by atoms with Crippen molar-refractivity contribution in [3.05, 3.63) is 75.5 Å². The van der Waals surface area contributed by atoms with Gasteiger partial charge in [0.25, 0.3) is 5.91 Å². The molecule has 0 saturated heterocycles. The third-order valence-electron chi connectivity index (χ3n) is 3.46. The van der Waals surface area contributed by atoms with Crippen LogP contribution in [0.25, 0.3) is 0 Å². The second kappa shape index (κ2) is 7.47. The van der Waals surface area contributed by atoms with Gasteiger partial charge >= 0.3 is 0 Å². The normalized spacial score (nSPS) is 17.3. The molecule has 3 rings (SSSR count). The number of benzene rings is 2. The zero-order valence-corrected chi connectivity index (χ0v) is 14.2. The Morgan fingerprint density at radius 1 is 1.17 bits per heavy atom. The van der Waals surface area contributed by atoms with Gasteiger partial charge in [-0.2, -0.15) is 5.26 Å². The van der Waals surface area contributed by atoms with Crippen molar-refractivity contribution in [1.82, 2.24) is 5.32 Å². The average molecular weight is 354 g/mol. The average Bonchev–Trinajstić information content (AvgIpc) is 2.61. The molecule has 1 heterocycles. The Balaban J connectivity index is 1.83. The van der Waals surface area contributed by atoms with E-state index in [1.807, 2.05) is 42.5 Å². The number of carbonyl (C=O) groups excluding carboxylic acids is 1. The van der Waals surface area contributed by atoms with Crippen LogP contribution in [0.5, 0.6) is 5.75 Å². The number of nitriles is 1. The van der Waals surface area contributed by atoms with E-state index in [4.69, 9.17) is 0 Å². The van der Waals surface area contributed by atoms with Crippen LogP contribution in [0.2, 0.25) is 0 Å². The molecule has 0 aromatic heterocycles. The molecule has 0 aliphatic carbocycles. The lowest BCUT2D eigenvalue weighted by Gasteiger charge is -2.25. The van der Waals surface area contributed by atoms with Gasteiger partial charge in [0.15, 0.2) is 0 Å². The summed E-state index contributed by atoms with van der Waals surface area (Å²) in [6, 6.07) is 18.8. The Bertz CT molecular complexity index is 828. The topological polar surface area (TPSA) is 73.1 Å². The number of nitrogens with zero attached hydrogens (tertiary/aromatic N) is 1. The molecule has 0 spiro atoms. The highest BCUT2D eigenvalue weighted by molar-refractivity contribution is 8.22. The smallest absolute Gasteiger partial charge is 0.264 e. The molecular weight excluding hydrogens is 340 g/mol. The van der Waals surface area contributed by atoms with Crippen LogP contribution in [-0.2, 0) is 10.5 Å². The maximum atomic E-state index is 12.2. The van der Waals surface area contributed by atoms with Crippen LogP contribution in [0.3, 0.4) is 0 Å². The van der Waals surface area contributed by atoms with Crippen molar-refractivity contribution < 1.29 is 9.90 Å². The maximum Gasteiger partial charge on any atom is 0.264 e. The van der Waals surface area contributed by atoms with Crippen molar-refractivity contribution in [2.24, 2.45) is 0 Å². The number of hydrogen-bond donors (Lipinski definition) is 2. The van der Waals surface area contributed by atoms with E-state index in [0.717, 1.165) is 5.56 Å². The summed E-state index contributed by atoms with van der Waals surface area (Å²) in [5.74, 6) is 0.401. The first kappa shape index (κ1) is 16.5. The van der Waals surface area contributed by atoms with Crippen LogP contribution in [0, 0.1) is 11.3 Å². The van der Waals surface area contributed by atoms with Gasteiger partial charge in [0.05, 0.1) is 4.24 Å². The third-order valence-corrected chi connectivity index (χ3v) is 6.07. The lowest BCUT2D eigenvalue weighted by Crippen LogP contribution is -2.31. The summed E-state index contributed by atoms with van der Waals surface area (Å²) in [6.07, 6.45) is 0. The zero-order chi connectivity index (χ0) is 16.9. The van der Waals surface area contributed by atoms with E-state index in [9.17, 15) is 15.2 Å². The van der Waals surface area contributed by atoms with Crippen molar-refractivity contribution in [3.8, 4) is 11.8 Å². The molecule has 24 heavy (non-hydrogen) atoms. The molecule has 1 atom stereocenters. The largest absolute Gasteiger partial charge is 0.508 e. The summed E-state index contributed by atoms with van der Waals surface area (Å²) in [5.41, 5.74) is 1.89. The Morgan fingerprint density at radius 2 is 1.88 bits per heavy atom. The van der Waals surface area contributed by atoms with Crippen molar-refractivity contribution in [1.29, 1.82) is 5.26 Å². The number of rotatable bonds is 4. The summed E-state index contributed by atoms with van der Waals surface area (Å²) in [6.45, 7) is 0. The summed E-state index contributed by atoms with van der Waals surface area (Å²) in [5, 5.41) is 21.7. The van der Waals surface area contributed by atoms with Gasteiger partial charge in [-0.05, 0) is 11.6 Å². The second-order valence-corrected chi connectivity index (χ2v) is 7.44. The second-order valence-electron chi connectivity index (χ2n) is 5.08. The third kappa shape index (κ3) is 3.58. The number of amides is 1. The van der Waals surface area contributed by atoms with E-state index in [-0.39, 0.29) is 11.3 Å². The zero-order valence-electron chi connectivity index (χ0n) is 12.6. The predicted octanol–water partition coefficient (Wildman–Crippen LogP) is 3.92. The molecule has 2 N–H and O–H groups in total. The molecule has 0 radical (unpaired) electrons. The van der Waals surface area contributed by atoms with Crippen molar-refractivity contribution in [2.45, 2.75) is 11.1 Å². The van der Waals surface area contributed by atoms with Crippen LogP contribution < -0.4 is 5.32 Å². The molecule has 1 aliphatic heterocycles. The number of nitrogens with one attached hydrogen (secondary N) is 1.